The van der Waals surface area contributed by atoms with Gasteiger partial charge in [0, 0.05) is 62.3 Å². The van der Waals surface area contributed by atoms with Gasteiger partial charge in [0.25, 0.3) is 5.69 Å². The van der Waals surface area contributed by atoms with Gasteiger partial charge in [-0.2, -0.15) is 0 Å². The number of non-ortho nitro benzene ring substituents is 1. The van der Waals surface area contributed by atoms with Crippen molar-refractivity contribution < 1.29 is 10.0 Å². The maximum atomic E-state index is 11.3. The summed E-state index contributed by atoms with van der Waals surface area (Å²) in [6.45, 7) is 3.86. The maximum absolute atomic E-state index is 11.3. The van der Waals surface area contributed by atoms with E-state index < -0.39 is 6.10 Å². The number of nitro groups is 1. The second kappa shape index (κ2) is 7.92. The molecular formula is C21H22N4O3. The van der Waals surface area contributed by atoms with E-state index in [0.29, 0.717) is 11.9 Å². The third-order valence-electron chi connectivity index (χ3n) is 5.30. The number of benzene rings is 2. The van der Waals surface area contributed by atoms with E-state index in [-0.39, 0.29) is 10.6 Å². The van der Waals surface area contributed by atoms with Crippen LogP contribution in [0.15, 0.2) is 60.9 Å². The van der Waals surface area contributed by atoms with Gasteiger partial charge in [-0.05, 0) is 17.7 Å². The third-order valence-corrected chi connectivity index (χ3v) is 5.30. The number of pyridine rings is 1. The van der Waals surface area contributed by atoms with Crippen molar-refractivity contribution in [1.82, 2.24) is 9.88 Å². The number of aliphatic hydroxyl groups is 1. The van der Waals surface area contributed by atoms with Gasteiger partial charge in [-0.15, -0.1) is 0 Å². The molecule has 0 aliphatic carbocycles. The average Bonchev–Trinajstić information content (AvgIpc) is 2.74. The number of β-amino-alcohol motifs (C(OH)–C–C–N with tert-alkyl or cyclic N) is 1. The highest BCUT2D eigenvalue weighted by atomic mass is 16.6. The van der Waals surface area contributed by atoms with Crippen molar-refractivity contribution in [3.05, 3.63) is 76.6 Å². The molecule has 0 spiro atoms. The zero-order chi connectivity index (χ0) is 19.5. The van der Waals surface area contributed by atoms with Crippen LogP contribution in [-0.2, 0) is 0 Å². The first-order valence-electron chi connectivity index (χ1n) is 9.35. The number of rotatable bonds is 5. The van der Waals surface area contributed by atoms with Crippen molar-refractivity contribution in [1.29, 1.82) is 0 Å². The number of hydrogen-bond donors (Lipinski definition) is 1. The Balaban J connectivity index is 1.47. The predicted molar refractivity (Wildman–Crippen MR) is 108 cm³/mol. The molecule has 7 heteroatoms. The monoisotopic (exact) mass is 378 g/mol. The van der Waals surface area contributed by atoms with E-state index in [1.807, 2.05) is 42.5 Å². The van der Waals surface area contributed by atoms with Crippen molar-refractivity contribution in [3.63, 3.8) is 0 Å². The Kier molecular flexibility index (Phi) is 5.18. The Morgan fingerprint density at radius 1 is 1.04 bits per heavy atom. The molecule has 28 heavy (non-hydrogen) atoms. The standard InChI is InChI=1S/C21H22N4O3/c26-21(16-4-2-1-3-5-16)15-23-10-12-24(13-11-23)19-6-7-20(25(27)28)18-14-22-9-8-17(18)19/h1-9,14,21,26H,10-13,15H2/t21-/m1/s1. The summed E-state index contributed by atoms with van der Waals surface area (Å²) >= 11 is 0. The number of piperazine rings is 1. The molecule has 0 bridgehead atoms. The van der Waals surface area contributed by atoms with Crippen LogP contribution in [0.2, 0.25) is 0 Å². The summed E-state index contributed by atoms with van der Waals surface area (Å²) in [5, 5.41) is 23.2. The minimum atomic E-state index is -0.501. The lowest BCUT2D eigenvalue weighted by molar-refractivity contribution is -0.383. The molecule has 1 saturated heterocycles. The number of aromatic nitrogens is 1. The summed E-state index contributed by atoms with van der Waals surface area (Å²) in [4.78, 5) is 19.5. The zero-order valence-electron chi connectivity index (χ0n) is 15.4. The van der Waals surface area contributed by atoms with Crippen molar-refractivity contribution in [3.8, 4) is 0 Å². The number of fused-ring (bicyclic) bond motifs is 1. The molecule has 1 atom stereocenters. The zero-order valence-corrected chi connectivity index (χ0v) is 15.4. The molecule has 1 aliphatic heterocycles. The highest BCUT2D eigenvalue weighted by Gasteiger charge is 2.23. The van der Waals surface area contributed by atoms with Gasteiger partial charge in [-0.25, -0.2) is 0 Å². The molecule has 1 aromatic heterocycles. The lowest BCUT2D eigenvalue weighted by atomic mass is 10.1. The molecule has 7 nitrogen and oxygen atoms in total. The van der Waals surface area contributed by atoms with Crippen molar-refractivity contribution >= 4 is 22.1 Å². The minimum absolute atomic E-state index is 0.0801. The molecular weight excluding hydrogens is 356 g/mol. The Hall–Kier alpha value is -3.03. The smallest absolute Gasteiger partial charge is 0.278 e. The van der Waals surface area contributed by atoms with Crippen LogP contribution in [0.5, 0.6) is 0 Å². The summed E-state index contributed by atoms with van der Waals surface area (Å²) < 4.78 is 0. The Morgan fingerprint density at radius 2 is 1.79 bits per heavy atom. The van der Waals surface area contributed by atoms with Gasteiger partial charge < -0.3 is 10.0 Å². The van der Waals surface area contributed by atoms with Gasteiger partial charge in [0.05, 0.1) is 16.4 Å². The highest BCUT2D eigenvalue weighted by Crippen LogP contribution is 2.33. The Morgan fingerprint density at radius 3 is 2.50 bits per heavy atom. The fourth-order valence-corrected chi connectivity index (χ4v) is 3.79. The second-order valence-corrected chi connectivity index (χ2v) is 7.00. The van der Waals surface area contributed by atoms with Gasteiger partial charge in [0.1, 0.15) is 0 Å². The van der Waals surface area contributed by atoms with E-state index in [4.69, 9.17) is 0 Å². The highest BCUT2D eigenvalue weighted by molar-refractivity contribution is 5.99. The van der Waals surface area contributed by atoms with Crippen molar-refractivity contribution in [2.24, 2.45) is 0 Å². The fourth-order valence-electron chi connectivity index (χ4n) is 3.79. The number of anilines is 1. The van der Waals surface area contributed by atoms with E-state index >= 15 is 0 Å². The van der Waals surface area contributed by atoms with E-state index in [1.54, 1.807) is 18.5 Å². The van der Waals surface area contributed by atoms with Crippen LogP contribution in [-0.4, -0.2) is 52.6 Å². The van der Waals surface area contributed by atoms with Gasteiger partial charge in [0.15, 0.2) is 0 Å². The number of nitrogens with zero attached hydrogens (tertiary/aromatic N) is 4. The number of nitro benzene ring substituents is 1. The van der Waals surface area contributed by atoms with Crippen LogP contribution in [0.3, 0.4) is 0 Å². The molecule has 0 unspecified atom stereocenters. The second-order valence-electron chi connectivity index (χ2n) is 7.00. The topological polar surface area (TPSA) is 82.7 Å². The van der Waals surface area contributed by atoms with Crippen LogP contribution in [0.4, 0.5) is 11.4 Å². The van der Waals surface area contributed by atoms with Crippen molar-refractivity contribution in [2.75, 3.05) is 37.6 Å². The Bertz CT molecular complexity index is 972. The molecule has 4 rings (SSSR count). The van der Waals surface area contributed by atoms with Gasteiger partial charge in [0.2, 0.25) is 0 Å². The van der Waals surface area contributed by atoms with Gasteiger partial charge in [-0.1, -0.05) is 30.3 Å². The normalized spacial score (nSPS) is 16.2. The van der Waals surface area contributed by atoms with Crippen LogP contribution >= 0.6 is 0 Å². The average molecular weight is 378 g/mol. The lowest BCUT2D eigenvalue weighted by Gasteiger charge is -2.37. The van der Waals surface area contributed by atoms with Crippen LogP contribution < -0.4 is 4.90 Å². The van der Waals surface area contributed by atoms with E-state index in [0.717, 1.165) is 42.8 Å². The first kappa shape index (κ1) is 18.3. The summed E-state index contributed by atoms with van der Waals surface area (Å²) in [6, 6.07) is 14.9. The summed E-state index contributed by atoms with van der Waals surface area (Å²) in [6.07, 6.45) is 2.73. The van der Waals surface area contributed by atoms with Crippen LogP contribution in [0, 0.1) is 10.1 Å². The van der Waals surface area contributed by atoms with E-state index in [2.05, 4.69) is 14.8 Å². The van der Waals surface area contributed by atoms with Crippen molar-refractivity contribution in [2.45, 2.75) is 6.10 Å². The van der Waals surface area contributed by atoms with Crippen LogP contribution in [0.25, 0.3) is 10.8 Å². The molecule has 1 N–H and O–H groups in total. The first-order chi connectivity index (χ1) is 13.6. The van der Waals surface area contributed by atoms with E-state index in [1.165, 1.54) is 0 Å². The molecule has 0 saturated carbocycles. The van der Waals surface area contributed by atoms with Gasteiger partial charge in [-0.3, -0.25) is 20.0 Å². The molecule has 0 radical (unpaired) electrons. The predicted octanol–water partition coefficient (Wildman–Crippen LogP) is 3.00. The quantitative estimate of drug-likeness (QED) is 0.543. The third kappa shape index (κ3) is 3.67. The first-order valence-corrected chi connectivity index (χ1v) is 9.35. The lowest BCUT2D eigenvalue weighted by Crippen LogP contribution is -2.47. The molecule has 2 aromatic carbocycles. The summed E-state index contributed by atoms with van der Waals surface area (Å²) in [5.74, 6) is 0. The summed E-state index contributed by atoms with van der Waals surface area (Å²) in [7, 11) is 0. The largest absolute Gasteiger partial charge is 0.387 e. The van der Waals surface area contributed by atoms with Crippen LogP contribution in [0.1, 0.15) is 11.7 Å². The summed E-state index contributed by atoms with van der Waals surface area (Å²) in [5.41, 5.74) is 2.00. The molecule has 0 amide bonds. The SMILES string of the molecule is O=[N+]([O-])c1ccc(N2CCN(C[C@@H](O)c3ccccc3)CC2)c2ccncc12. The minimum Gasteiger partial charge on any atom is -0.387 e. The molecule has 144 valence electrons. The number of hydrogen-bond acceptors (Lipinski definition) is 6. The fraction of sp³-hybridized carbons (Fsp3) is 0.286. The Labute approximate surface area is 163 Å². The maximum Gasteiger partial charge on any atom is 0.278 e. The van der Waals surface area contributed by atoms with Gasteiger partial charge >= 0.3 is 0 Å². The number of aliphatic hydroxyl groups excluding tert-OH is 1. The van der Waals surface area contributed by atoms with E-state index in [9.17, 15) is 15.2 Å². The molecule has 3 aromatic rings. The molecule has 2 heterocycles. The molecule has 1 fully saturated rings. The molecule has 1 aliphatic rings.